The minimum atomic E-state index is -1.44. The first kappa shape index (κ1) is 85.0. The first-order chi connectivity index (χ1) is 48.3. The summed E-state index contributed by atoms with van der Waals surface area (Å²) in [5.74, 6) is -10.4. The van der Waals surface area contributed by atoms with Gasteiger partial charge in [0, 0.05) is 37.4 Å². The van der Waals surface area contributed by atoms with E-state index in [9.17, 15) is 72.5 Å². The molecule has 13 amide bonds. The molecular weight excluding hydrogens is 1360 g/mol. The van der Waals surface area contributed by atoms with Gasteiger partial charge in [0.2, 0.25) is 76.8 Å². The normalized spacial score (nSPS) is 24.7. The number of phenolic OH excluding ortho intramolecular Hbond substituents is 2. The monoisotopic (exact) mass is 1460 g/mol. The first-order valence-corrected chi connectivity index (χ1v) is 36.4. The largest absolute Gasteiger partial charge is 0.508 e. The first-order valence-electron chi connectivity index (χ1n) is 33.9. The fraction of sp³-hybridized carbons (Fsp3) is 0.582. The van der Waals surface area contributed by atoms with Crippen LogP contribution in [0.15, 0.2) is 48.5 Å². The van der Waals surface area contributed by atoms with E-state index in [1.807, 2.05) is 13.8 Å². The Morgan fingerprint density at radius 1 is 0.608 bits per heavy atom. The lowest BCUT2D eigenvalue weighted by molar-refractivity contribution is -0.142. The second kappa shape index (κ2) is 43.4. The Labute approximate surface area is 601 Å². The van der Waals surface area contributed by atoms with Crippen molar-refractivity contribution < 1.29 is 72.5 Å². The smallest absolute Gasteiger partial charge is 0.245 e. The van der Waals surface area contributed by atoms with Crippen molar-refractivity contribution in [3.63, 3.8) is 0 Å². The number of nitrogens with zero attached hydrogens (tertiary/aromatic N) is 1. The number of hydrogen-bond donors (Lipinski definition) is 19. The number of amides is 13. The number of nitrogens with two attached hydrogens (primary N) is 3. The minimum Gasteiger partial charge on any atom is -0.508 e. The predicted octanol–water partition coefficient (Wildman–Crippen LogP) is -3.29. The van der Waals surface area contributed by atoms with Gasteiger partial charge in [-0.25, -0.2) is 0 Å². The minimum absolute atomic E-state index is 0.0125. The SMILES string of the molecule is C#CCNC(=O)[C@@H]1CSSC[C@H](N)C(=O)N[C@@H](Cc2ccc(O)cc2)C(=O)N[C@@H](C(C)C)C(=O)N[C@@H](C)C(=O)N[C@@H](CC(C)C)C(=O)N2CCC[C@H]2C(=O)NCC(=O)NCC(=O)N[C@@H](Cc2ccc(O)cc2)C(=O)N[C@@H](C(C)C)C(=O)N[C@@H](CCCNC(=N)N)C(=O)N[C@@H](CCCCN)C(=O)N1. The number of fused-ring (bicyclic) bond motifs is 1. The average Bonchev–Trinajstić information content (AvgIpc) is 1.57. The van der Waals surface area contributed by atoms with Crippen molar-refractivity contribution in [3.05, 3.63) is 59.7 Å². The van der Waals surface area contributed by atoms with Gasteiger partial charge < -0.3 is 101 Å². The Balaban J connectivity index is 1.74. The van der Waals surface area contributed by atoms with Crippen LogP contribution in [0.5, 0.6) is 11.5 Å². The molecule has 35 heteroatoms. The summed E-state index contributed by atoms with van der Waals surface area (Å²) in [4.78, 5) is 184. The molecular formula is C67H102N18O15S2. The lowest BCUT2D eigenvalue weighted by atomic mass is 9.99. The van der Waals surface area contributed by atoms with Crippen LogP contribution in [0.4, 0.5) is 0 Å². The lowest BCUT2D eigenvalue weighted by Gasteiger charge is -2.30. The van der Waals surface area contributed by atoms with Crippen LogP contribution in [0.1, 0.15) is 111 Å². The molecule has 0 unspecified atom stereocenters. The van der Waals surface area contributed by atoms with Gasteiger partial charge >= 0.3 is 0 Å². The van der Waals surface area contributed by atoms with E-state index in [1.54, 1.807) is 27.7 Å². The molecule has 2 aromatic carbocycles. The van der Waals surface area contributed by atoms with Crippen molar-refractivity contribution in [2.45, 2.75) is 179 Å². The van der Waals surface area contributed by atoms with E-state index in [0.717, 1.165) is 21.6 Å². The molecule has 0 radical (unpaired) electrons. The van der Waals surface area contributed by atoms with Crippen LogP contribution in [0.25, 0.3) is 0 Å². The number of carbonyl (C=O) groups excluding carboxylic acids is 13. The summed E-state index contributed by atoms with van der Waals surface area (Å²) in [6.45, 7) is 10.3. The van der Waals surface area contributed by atoms with Gasteiger partial charge in [-0.2, -0.15) is 0 Å². The maximum atomic E-state index is 14.6. The molecule has 2 aromatic rings. The van der Waals surface area contributed by atoms with Gasteiger partial charge in [0.1, 0.15) is 71.9 Å². The molecule has 22 N–H and O–H groups in total. The molecule has 4 rings (SSSR count). The lowest BCUT2D eigenvalue weighted by Crippen LogP contribution is -2.60. The highest BCUT2D eigenvalue weighted by molar-refractivity contribution is 8.76. The van der Waals surface area contributed by atoms with E-state index in [-0.39, 0.29) is 106 Å². The summed E-state index contributed by atoms with van der Waals surface area (Å²) >= 11 is 0. The highest BCUT2D eigenvalue weighted by Crippen LogP contribution is 2.24. The number of hydrogen-bond acceptors (Lipinski definition) is 20. The molecule has 2 saturated heterocycles. The summed E-state index contributed by atoms with van der Waals surface area (Å²) in [6.07, 6.45) is 6.49. The van der Waals surface area contributed by atoms with Gasteiger partial charge in [0.05, 0.1) is 25.7 Å². The van der Waals surface area contributed by atoms with Crippen LogP contribution < -0.4 is 86.3 Å². The van der Waals surface area contributed by atoms with Crippen molar-refractivity contribution >= 4 is 104 Å². The molecule has 562 valence electrons. The standard InChI is InChI=1S/C67H102N18O15S2/c1-9-26-72-58(92)50-35-102-101-34-44(69)57(91)80-48(31-41-19-23-43(87)24-20-41)62(96)83-54(37(4)5)64(98)76-39(8)56(90)81-49(29-36(2)3)66(100)85-28-13-16-51(85)63(97)75-32-52(88)74-33-53(89)77-47(30-40-17-21-42(86)22-18-40)61(95)84-55(38(6)7)65(99)79-46(15-12-27-73-67(70)71)59(93)78-45(60(94)82-50)14-10-11-25-68/h1,17-24,36-39,44-51,54-55,86-87H,10-16,25-35,68-69H2,2-8H3,(H,72,92)(H,74,88)(H,75,97)(H,76,98)(H,77,89)(H,78,93)(H,79,99)(H,80,91)(H,81,90)(H,82,94)(H,83,96)(H,84,95)(H4,70,71,73)/t39-,44-,45-,46-,47-,48-,49-,50-,51-,54-,55-/m0/s1. The zero-order valence-electron chi connectivity index (χ0n) is 58.7. The molecule has 11 atom stereocenters. The Kier molecular flexibility index (Phi) is 36.2. The van der Waals surface area contributed by atoms with Crippen LogP contribution in [0.2, 0.25) is 0 Å². The van der Waals surface area contributed by atoms with Crippen LogP contribution in [0.3, 0.4) is 0 Å². The number of aromatic hydroxyl groups is 2. The van der Waals surface area contributed by atoms with Gasteiger partial charge in [-0.3, -0.25) is 67.7 Å². The predicted molar refractivity (Wildman–Crippen MR) is 383 cm³/mol. The number of benzene rings is 2. The third-order valence-electron chi connectivity index (χ3n) is 16.4. The van der Waals surface area contributed by atoms with Crippen molar-refractivity contribution in [1.29, 1.82) is 5.41 Å². The number of guanidine groups is 1. The van der Waals surface area contributed by atoms with E-state index >= 15 is 0 Å². The summed E-state index contributed by atoms with van der Waals surface area (Å²) in [5, 5.41) is 61.8. The number of phenols is 2. The maximum Gasteiger partial charge on any atom is 0.245 e. The molecule has 0 aromatic heterocycles. The van der Waals surface area contributed by atoms with Gasteiger partial charge in [-0.1, -0.05) is 93.3 Å². The molecule has 0 saturated carbocycles. The highest BCUT2D eigenvalue weighted by Gasteiger charge is 2.40. The number of carbonyl (C=O) groups is 13. The fourth-order valence-corrected chi connectivity index (χ4v) is 13.1. The third-order valence-corrected chi connectivity index (χ3v) is 18.9. The van der Waals surface area contributed by atoms with Crippen LogP contribution in [0, 0.1) is 35.5 Å². The molecule has 2 heterocycles. The number of terminal acetylenes is 1. The molecule has 2 fully saturated rings. The molecule has 2 aliphatic heterocycles. The Morgan fingerprint density at radius 3 is 1.66 bits per heavy atom. The van der Waals surface area contributed by atoms with Crippen molar-refractivity contribution in [2.75, 3.05) is 50.8 Å². The summed E-state index contributed by atoms with van der Waals surface area (Å²) in [5.41, 5.74) is 18.7. The zero-order chi connectivity index (χ0) is 75.8. The number of unbranched alkanes of at least 4 members (excludes halogenated alkanes) is 1. The molecule has 0 bridgehead atoms. The Hall–Kier alpha value is -9.40. The summed E-state index contributed by atoms with van der Waals surface area (Å²) in [7, 11) is 2.07. The van der Waals surface area contributed by atoms with Crippen LogP contribution in [-0.2, 0) is 75.2 Å². The second-order valence-corrected chi connectivity index (χ2v) is 28.6. The summed E-state index contributed by atoms with van der Waals surface area (Å²) < 4.78 is 0. The van der Waals surface area contributed by atoms with Gasteiger partial charge in [-0.05, 0) is 118 Å². The molecule has 0 aliphatic carbocycles. The van der Waals surface area contributed by atoms with E-state index in [4.69, 9.17) is 29.0 Å². The van der Waals surface area contributed by atoms with E-state index in [2.05, 4.69) is 75.0 Å². The van der Waals surface area contributed by atoms with E-state index in [1.165, 1.54) is 60.4 Å². The molecule has 33 nitrogen and oxygen atoms in total. The average molecular weight is 1460 g/mol. The van der Waals surface area contributed by atoms with Crippen molar-refractivity contribution in [1.82, 2.24) is 74.0 Å². The maximum absolute atomic E-state index is 14.6. The molecule has 102 heavy (non-hydrogen) atoms. The Morgan fingerprint density at radius 2 is 1.11 bits per heavy atom. The fourth-order valence-electron chi connectivity index (χ4n) is 10.8. The van der Waals surface area contributed by atoms with Gasteiger partial charge in [0.15, 0.2) is 5.96 Å². The van der Waals surface area contributed by atoms with Crippen LogP contribution in [-0.4, -0.2) is 215 Å². The van der Waals surface area contributed by atoms with Gasteiger partial charge in [0.25, 0.3) is 0 Å². The topological polar surface area (TPSA) is 524 Å². The second-order valence-electron chi connectivity index (χ2n) is 26.0. The van der Waals surface area contributed by atoms with E-state index < -0.39 is 168 Å². The van der Waals surface area contributed by atoms with Crippen LogP contribution >= 0.6 is 21.6 Å². The summed E-state index contributed by atoms with van der Waals surface area (Å²) in [6, 6.07) is -3.02. The quantitative estimate of drug-likeness (QED) is 0.0229. The third kappa shape index (κ3) is 29.3. The van der Waals surface area contributed by atoms with Gasteiger partial charge in [-0.15, -0.1) is 6.42 Å². The van der Waals surface area contributed by atoms with Crippen molar-refractivity contribution in [3.8, 4) is 23.8 Å². The van der Waals surface area contributed by atoms with E-state index in [0.29, 0.717) is 30.4 Å². The molecule has 2 aliphatic rings. The van der Waals surface area contributed by atoms with Crippen molar-refractivity contribution in [2.24, 2.45) is 35.0 Å². The number of nitrogens with one attached hydrogen (secondary N) is 14. The Bertz CT molecular complexity index is 3270. The zero-order valence-corrected chi connectivity index (χ0v) is 60.3. The molecule has 0 spiro atoms. The number of rotatable bonds is 18. The highest BCUT2D eigenvalue weighted by atomic mass is 33.1.